The number of hydrogen-bond donors (Lipinski definition) is 1. The third-order valence-electron chi connectivity index (χ3n) is 4.34. The Morgan fingerprint density at radius 1 is 1.10 bits per heavy atom. The van der Waals surface area contributed by atoms with Crippen LogP contribution in [-0.2, 0) is 9.84 Å². The molecule has 2 aliphatic heterocycles. The maximum atomic E-state index is 11.5. The fourth-order valence-corrected chi connectivity index (χ4v) is 4.65. The van der Waals surface area contributed by atoms with Crippen LogP contribution in [-0.4, -0.2) is 64.1 Å². The number of anilines is 2. The second kappa shape index (κ2) is 5.85. The summed E-state index contributed by atoms with van der Waals surface area (Å²) in [5, 5.41) is 3.33. The molecular weight excluding hydrogens is 286 g/mol. The van der Waals surface area contributed by atoms with Crippen LogP contribution in [0.4, 0.5) is 11.4 Å². The molecule has 0 aliphatic carbocycles. The highest BCUT2D eigenvalue weighted by Crippen LogP contribution is 2.22. The Labute approximate surface area is 126 Å². The standard InChI is InChI=1S/C15H23N3O2S/c1-17-7-9-18(10-8-17)15-4-2-13(3-5-15)16-14-6-11-21(19,20)12-14/h2-5,14,16H,6-12H2,1H3/t14-/m0/s1. The first-order chi connectivity index (χ1) is 10.0. The first-order valence-corrected chi connectivity index (χ1v) is 9.34. The molecule has 0 spiro atoms. The predicted octanol–water partition coefficient (Wildman–Crippen LogP) is 1.04. The van der Waals surface area contributed by atoms with Gasteiger partial charge in [0.2, 0.25) is 0 Å². The van der Waals surface area contributed by atoms with Crippen LogP contribution >= 0.6 is 0 Å². The predicted molar refractivity (Wildman–Crippen MR) is 86.8 cm³/mol. The fraction of sp³-hybridized carbons (Fsp3) is 0.600. The second-order valence-corrected chi connectivity index (χ2v) is 8.31. The summed E-state index contributed by atoms with van der Waals surface area (Å²) in [6, 6.07) is 8.41. The van der Waals surface area contributed by atoms with Gasteiger partial charge in [0.25, 0.3) is 0 Å². The molecule has 1 N–H and O–H groups in total. The van der Waals surface area contributed by atoms with Gasteiger partial charge in [0, 0.05) is 43.6 Å². The zero-order valence-electron chi connectivity index (χ0n) is 12.5. The largest absolute Gasteiger partial charge is 0.381 e. The number of hydrogen-bond acceptors (Lipinski definition) is 5. The Balaban J connectivity index is 1.59. The molecular formula is C15H23N3O2S. The van der Waals surface area contributed by atoms with Gasteiger partial charge in [-0.15, -0.1) is 0 Å². The number of nitrogens with one attached hydrogen (secondary N) is 1. The van der Waals surface area contributed by atoms with Crippen molar-refractivity contribution >= 4 is 21.2 Å². The van der Waals surface area contributed by atoms with Gasteiger partial charge < -0.3 is 15.1 Å². The summed E-state index contributed by atoms with van der Waals surface area (Å²) in [5.74, 6) is 0.567. The number of sulfone groups is 1. The van der Waals surface area contributed by atoms with Gasteiger partial charge >= 0.3 is 0 Å². The van der Waals surface area contributed by atoms with E-state index in [-0.39, 0.29) is 11.8 Å². The van der Waals surface area contributed by atoms with Crippen LogP contribution in [0.15, 0.2) is 24.3 Å². The molecule has 116 valence electrons. The summed E-state index contributed by atoms with van der Waals surface area (Å²) in [4.78, 5) is 4.73. The Bertz CT molecular complexity index is 577. The van der Waals surface area contributed by atoms with E-state index in [9.17, 15) is 8.42 Å². The molecule has 21 heavy (non-hydrogen) atoms. The van der Waals surface area contributed by atoms with Crippen LogP contribution in [0.1, 0.15) is 6.42 Å². The highest BCUT2D eigenvalue weighted by atomic mass is 32.2. The molecule has 5 nitrogen and oxygen atoms in total. The summed E-state index contributed by atoms with van der Waals surface area (Å²) in [5.41, 5.74) is 2.25. The molecule has 1 aromatic rings. The molecule has 0 unspecified atom stereocenters. The Morgan fingerprint density at radius 2 is 1.76 bits per heavy atom. The third kappa shape index (κ3) is 3.68. The van der Waals surface area contributed by atoms with Crippen molar-refractivity contribution in [3.05, 3.63) is 24.3 Å². The minimum atomic E-state index is -2.82. The van der Waals surface area contributed by atoms with Gasteiger partial charge in [-0.2, -0.15) is 0 Å². The van der Waals surface area contributed by atoms with Crippen molar-refractivity contribution in [1.29, 1.82) is 0 Å². The summed E-state index contributed by atoms with van der Waals surface area (Å²) >= 11 is 0. The van der Waals surface area contributed by atoms with Gasteiger partial charge in [-0.1, -0.05) is 0 Å². The summed E-state index contributed by atoms with van der Waals surface area (Å²) in [6.45, 7) is 4.31. The van der Waals surface area contributed by atoms with Crippen molar-refractivity contribution in [3.8, 4) is 0 Å². The maximum absolute atomic E-state index is 11.5. The zero-order valence-corrected chi connectivity index (χ0v) is 13.3. The van der Waals surface area contributed by atoms with E-state index >= 15 is 0 Å². The minimum absolute atomic E-state index is 0.0597. The van der Waals surface area contributed by atoms with Gasteiger partial charge in [-0.05, 0) is 37.7 Å². The molecule has 3 rings (SSSR count). The van der Waals surface area contributed by atoms with E-state index in [0.717, 1.165) is 31.9 Å². The number of benzene rings is 1. The zero-order chi connectivity index (χ0) is 14.9. The van der Waals surface area contributed by atoms with Crippen LogP contribution in [0.3, 0.4) is 0 Å². The highest BCUT2D eigenvalue weighted by molar-refractivity contribution is 7.91. The normalized spacial score (nSPS) is 26.0. The van der Waals surface area contributed by atoms with Crippen molar-refractivity contribution in [2.45, 2.75) is 12.5 Å². The number of rotatable bonds is 3. The van der Waals surface area contributed by atoms with E-state index in [1.807, 2.05) is 0 Å². The van der Waals surface area contributed by atoms with Crippen LogP contribution < -0.4 is 10.2 Å². The Kier molecular flexibility index (Phi) is 4.08. The van der Waals surface area contributed by atoms with E-state index in [1.54, 1.807) is 0 Å². The third-order valence-corrected chi connectivity index (χ3v) is 6.11. The van der Waals surface area contributed by atoms with E-state index in [0.29, 0.717) is 12.2 Å². The van der Waals surface area contributed by atoms with Gasteiger partial charge in [0.15, 0.2) is 9.84 Å². The minimum Gasteiger partial charge on any atom is -0.381 e. The monoisotopic (exact) mass is 309 g/mol. The fourth-order valence-electron chi connectivity index (χ4n) is 2.98. The van der Waals surface area contributed by atoms with E-state index in [2.05, 4.69) is 46.4 Å². The molecule has 0 radical (unpaired) electrons. The van der Waals surface area contributed by atoms with E-state index < -0.39 is 9.84 Å². The first kappa shape index (κ1) is 14.7. The van der Waals surface area contributed by atoms with Crippen molar-refractivity contribution in [3.63, 3.8) is 0 Å². The van der Waals surface area contributed by atoms with E-state index in [4.69, 9.17) is 0 Å². The summed E-state index contributed by atoms with van der Waals surface area (Å²) < 4.78 is 22.9. The van der Waals surface area contributed by atoms with Crippen LogP contribution in [0, 0.1) is 0 Å². The van der Waals surface area contributed by atoms with Crippen LogP contribution in [0.2, 0.25) is 0 Å². The number of likely N-dealkylation sites (N-methyl/N-ethyl adjacent to an activating group) is 1. The molecule has 0 saturated carbocycles. The smallest absolute Gasteiger partial charge is 0.152 e. The van der Waals surface area contributed by atoms with Crippen molar-refractivity contribution in [2.24, 2.45) is 0 Å². The van der Waals surface area contributed by atoms with Gasteiger partial charge in [0.05, 0.1) is 11.5 Å². The molecule has 2 saturated heterocycles. The van der Waals surface area contributed by atoms with Crippen LogP contribution in [0.5, 0.6) is 0 Å². The lowest BCUT2D eigenvalue weighted by Crippen LogP contribution is -2.44. The number of piperazine rings is 1. The van der Waals surface area contributed by atoms with Gasteiger partial charge in [0.1, 0.15) is 0 Å². The second-order valence-electron chi connectivity index (χ2n) is 6.08. The quantitative estimate of drug-likeness (QED) is 0.904. The molecule has 2 fully saturated rings. The van der Waals surface area contributed by atoms with Gasteiger partial charge in [-0.25, -0.2) is 8.42 Å². The highest BCUT2D eigenvalue weighted by Gasteiger charge is 2.27. The average Bonchev–Trinajstić information content (AvgIpc) is 2.80. The topological polar surface area (TPSA) is 52.6 Å². The summed E-state index contributed by atoms with van der Waals surface area (Å²) in [7, 11) is -0.669. The average molecular weight is 309 g/mol. The van der Waals surface area contributed by atoms with Crippen molar-refractivity contribution < 1.29 is 8.42 Å². The van der Waals surface area contributed by atoms with Crippen molar-refractivity contribution in [2.75, 3.05) is 54.9 Å². The lowest BCUT2D eigenvalue weighted by Gasteiger charge is -2.34. The summed E-state index contributed by atoms with van der Waals surface area (Å²) in [6.07, 6.45) is 0.711. The van der Waals surface area contributed by atoms with E-state index in [1.165, 1.54) is 5.69 Å². The molecule has 2 heterocycles. The lowest BCUT2D eigenvalue weighted by atomic mass is 10.2. The van der Waals surface area contributed by atoms with Gasteiger partial charge in [-0.3, -0.25) is 0 Å². The molecule has 0 bridgehead atoms. The lowest BCUT2D eigenvalue weighted by molar-refractivity contribution is 0.313. The maximum Gasteiger partial charge on any atom is 0.152 e. The van der Waals surface area contributed by atoms with Crippen molar-refractivity contribution in [1.82, 2.24) is 4.90 Å². The first-order valence-electron chi connectivity index (χ1n) is 7.52. The SMILES string of the molecule is CN1CCN(c2ccc(N[C@H]3CCS(=O)(=O)C3)cc2)CC1. The number of nitrogens with zero attached hydrogens (tertiary/aromatic N) is 2. The molecule has 1 atom stereocenters. The molecule has 1 aromatic carbocycles. The molecule has 2 aliphatic rings. The van der Waals surface area contributed by atoms with Crippen LogP contribution in [0.25, 0.3) is 0 Å². The molecule has 0 aromatic heterocycles. The molecule has 0 amide bonds. The Morgan fingerprint density at radius 3 is 2.33 bits per heavy atom. The Hall–Kier alpha value is -1.27. The molecule has 6 heteroatoms.